The number of benzene rings is 1. The molecular weight excluding hydrogens is 170 g/mol. The molecule has 0 saturated heterocycles. The van der Waals surface area contributed by atoms with Gasteiger partial charge in [-0.15, -0.1) is 0 Å². The lowest BCUT2D eigenvalue weighted by atomic mass is 10.0. The largest absolute Gasteiger partial charge is 0.326 e. The first-order valence-electron chi connectivity index (χ1n) is 3.79. The number of halogens is 1. The minimum absolute atomic E-state index is 0.489. The van der Waals surface area contributed by atoms with Gasteiger partial charge >= 0.3 is 0 Å². The molecule has 0 atom stereocenters. The minimum atomic E-state index is 0.489. The van der Waals surface area contributed by atoms with E-state index in [1.807, 2.05) is 25.1 Å². The minimum Gasteiger partial charge on any atom is -0.326 e. The first-order valence-corrected chi connectivity index (χ1v) is 4.17. The molecule has 0 unspecified atom stereocenters. The predicted octanol–water partition coefficient (Wildman–Crippen LogP) is 2.62. The zero-order valence-corrected chi connectivity index (χ0v) is 7.86. The Morgan fingerprint density at radius 3 is 2.75 bits per heavy atom. The summed E-state index contributed by atoms with van der Waals surface area (Å²) in [6, 6.07) is 5.72. The molecule has 1 rings (SSSR count). The van der Waals surface area contributed by atoms with E-state index in [0.717, 1.165) is 21.7 Å². The Morgan fingerprint density at radius 2 is 2.25 bits per heavy atom. The van der Waals surface area contributed by atoms with Crippen LogP contribution in [0.25, 0.3) is 5.57 Å². The predicted molar refractivity (Wildman–Crippen MR) is 54.3 cm³/mol. The van der Waals surface area contributed by atoms with Crippen molar-refractivity contribution in [2.45, 2.75) is 6.92 Å². The van der Waals surface area contributed by atoms with Crippen LogP contribution in [0.5, 0.6) is 0 Å². The van der Waals surface area contributed by atoms with Crippen molar-refractivity contribution in [3.05, 3.63) is 40.9 Å². The van der Waals surface area contributed by atoms with Crippen LogP contribution in [0.2, 0.25) is 5.02 Å². The van der Waals surface area contributed by atoms with Crippen LogP contribution in [0, 0.1) is 6.92 Å². The molecule has 0 bridgehead atoms. The van der Waals surface area contributed by atoms with Crippen LogP contribution < -0.4 is 5.73 Å². The molecule has 2 N–H and O–H groups in total. The number of rotatable bonds is 2. The second kappa shape index (κ2) is 3.74. The van der Waals surface area contributed by atoms with Gasteiger partial charge in [-0.05, 0) is 35.8 Å². The molecule has 0 heterocycles. The molecule has 1 aromatic carbocycles. The molecule has 0 radical (unpaired) electrons. The molecule has 2 heteroatoms. The van der Waals surface area contributed by atoms with E-state index in [1.165, 1.54) is 0 Å². The van der Waals surface area contributed by atoms with Crippen LogP contribution >= 0.6 is 11.6 Å². The van der Waals surface area contributed by atoms with Gasteiger partial charge in [-0.25, -0.2) is 0 Å². The average molecular weight is 182 g/mol. The number of hydrogen-bond donors (Lipinski definition) is 1. The summed E-state index contributed by atoms with van der Waals surface area (Å²) in [5.74, 6) is 0. The van der Waals surface area contributed by atoms with E-state index in [1.54, 1.807) is 0 Å². The van der Waals surface area contributed by atoms with E-state index >= 15 is 0 Å². The highest BCUT2D eigenvalue weighted by atomic mass is 35.5. The number of aryl methyl sites for hydroxylation is 1. The van der Waals surface area contributed by atoms with Crippen molar-refractivity contribution in [3.63, 3.8) is 0 Å². The van der Waals surface area contributed by atoms with Crippen molar-refractivity contribution < 1.29 is 0 Å². The molecule has 0 aliphatic rings. The third-order valence-corrected chi connectivity index (χ3v) is 2.05. The summed E-state index contributed by atoms with van der Waals surface area (Å²) in [6.07, 6.45) is 0. The lowest BCUT2D eigenvalue weighted by Gasteiger charge is -2.06. The molecule has 64 valence electrons. The molecule has 0 saturated carbocycles. The summed E-state index contributed by atoms with van der Waals surface area (Å²) in [6.45, 7) is 6.36. The van der Waals surface area contributed by atoms with Crippen molar-refractivity contribution in [2.75, 3.05) is 6.54 Å². The zero-order chi connectivity index (χ0) is 9.14. The third-order valence-electron chi connectivity index (χ3n) is 1.82. The van der Waals surface area contributed by atoms with E-state index in [-0.39, 0.29) is 0 Å². The van der Waals surface area contributed by atoms with E-state index in [4.69, 9.17) is 17.3 Å². The van der Waals surface area contributed by atoms with Crippen LogP contribution in [-0.2, 0) is 0 Å². The Balaban J connectivity index is 3.09. The van der Waals surface area contributed by atoms with Crippen molar-refractivity contribution in [1.29, 1.82) is 0 Å². The monoisotopic (exact) mass is 181 g/mol. The molecule has 0 aliphatic carbocycles. The smallest absolute Gasteiger partial charge is 0.0409 e. The first kappa shape index (κ1) is 9.30. The average Bonchev–Trinajstić information content (AvgIpc) is 2.03. The fourth-order valence-corrected chi connectivity index (χ4v) is 1.36. The third kappa shape index (κ3) is 1.87. The highest BCUT2D eigenvalue weighted by Crippen LogP contribution is 2.20. The van der Waals surface area contributed by atoms with Gasteiger partial charge in [0.15, 0.2) is 0 Å². The van der Waals surface area contributed by atoms with E-state index in [2.05, 4.69) is 6.58 Å². The number of hydrogen-bond acceptors (Lipinski definition) is 1. The zero-order valence-electron chi connectivity index (χ0n) is 7.10. The second-order valence-electron chi connectivity index (χ2n) is 2.77. The van der Waals surface area contributed by atoms with Gasteiger partial charge in [0.25, 0.3) is 0 Å². The Morgan fingerprint density at radius 1 is 1.58 bits per heavy atom. The maximum absolute atomic E-state index is 5.80. The molecule has 0 aliphatic heterocycles. The SMILES string of the molecule is C=C(CN)c1ccc(Cl)cc1C. The van der Waals surface area contributed by atoms with Gasteiger partial charge in [-0.3, -0.25) is 0 Å². The molecule has 0 spiro atoms. The lowest BCUT2D eigenvalue weighted by Crippen LogP contribution is -2.02. The van der Waals surface area contributed by atoms with Crippen molar-refractivity contribution in [1.82, 2.24) is 0 Å². The summed E-state index contributed by atoms with van der Waals surface area (Å²) in [4.78, 5) is 0. The molecular formula is C10H12ClN. The fourth-order valence-electron chi connectivity index (χ4n) is 1.13. The topological polar surface area (TPSA) is 26.0 Å². The summed E-state index contributed by atoms with van der Waals surface area (Å²) < 4.78 is 0. The van der Waals surface area contributed by atoms with Crippen molar-refractivity contribution in [3.8, 4) is 0 Å². The highest BCUT2D eigenvalue weighted by Gasteiger charge is 2.00. The van der Waals surface area contributed by atoms with Crippen LogP contribution in [0.4, 0.5) is 0 Å². The Labute approximate surface area is 77.8 Å². The Kier molecular flexibility index (Phi) is 2.90. The first-order chi connectivity index (χ1) is 5.65. The Hall–Kier alpha value is -0.790. The van der Waals surface area contributed by atoms with E-state index in [9.17, 15) is 0 Å². The summed E-state index contributed by atoms with van der Waals surface area (Å²) in [5.41, 5.74) is 8.65. The van der Waals surface area contributed by atoms with E-state index < -0.39 is 0 Å². The highest BCUT2D eigenvalue weighted by molar-refractivity contribution is 6.30. The maximum atomic E-state index is 5.80. The van der Waals surface area contributed by atoms with E-state index in [0.29, 0.717) is 6.54 Å². The number of nitrogens with two attached hydrogens (primary N) is 1. The van der Waals surface area contributed by atoms with Crippen LogP contribution in [0.3, 0.4) is 0 Å². The van der Waals surface area contributed by atoms with Crippen LogP contribution in [-0.4, -0.2) is 6.54 Å². The van der Waals surface area contributed by atoms with Crippen LogP contribution in [0.1, 0.15) is 11.1 Å². The summed E-state index contributed by atoms with van der Waals surface area (Å²) >= 11 is 5.80. The molecule has 12 heavy (non-hydrogen) atoms. The van der Waals surface area contributed by atoms with Crippen LogP contribution in [0.15, 0.2) is 24.8 Å². The molecule has 0 amide bonds. The van der Waals surface area contributed by atoms with Gasteiger partial charge in [-0.1, -0.05) is 24.2 Å². The molecule has 1 nitrogen and oxygen atoms in total. The van der Waals surface area contributed by atoms with Gasteiger partial charge in [0, 0.05) is 11.6 Å². The normalized spacial score (nSPS) is 9.92. The molecule has 0 fully saturated rings. The quantitative estimate of drug-likeness (QED) is 0.746. The fraction of sp³-hybridized carbons (Fsp3) is 0.200. The molecule has 0 aromatic heterocycles. The van der Waals surface area contributed by atoms with Gasteiger partial charge in [0.2, 0.25) is 0 Å². The Bertz CT molecular complexity index is 305. The van der Waals surface area contributed by atoms with Gasteiger partial charge < -0.3 is 5.73 Å². The standard InChI is InChI=1S/C10H12ClN/c1-7-5-9(11)3-4-10(7)8(2)6-12/h3-5H,2,6,12H2,1H3. The second-order valence-corrected chi connectivity index (χ2v) is 3.20. The summed E-state index contributed by atoms with van der Waals surface area (Å²) in [5, 5.41) is 0.751. The van der Waals surface area contributed by atoms with Crippen molar-refractivity contribution in [2.24, 2.45) is 5.73 Å². The lowest BCUT2D eigenvalue weighted by molar-refractivity contribution is 1.25. The maximum Gasteiger partial charge on any atom is 0.0409 e. The molecule has 1 aromatic rings. The van der Waals surface area contributed by atoms with Gasteiger partial charge in [0.05, 0.1) is 0 Å². The van der Waals surface area contributed by atoms with Crippen molar-refractivity contribution >= 4 is 17.2 Å². The van der Waals surface area contributed by atoms with Gasteiger partial charge in [0.1, 0.15) is 0 Å². The summed E-state index contributed by atoms with van der Waals surface area (Å²) in [7, 11) is 0. The van der Waals surface area contributed by atoms with Gasteiger partial charge in [-0.2, -0.15) is 0 Å².